The van der Waals surface area contributed by atoms with Crippen LogP contribution in [0.15, 0.2) is 48.7 Å². The lowest BCUT2D eigenvalue weighted by Crippen LogP contribution is -1.89. The highest BCUT2D eigenvalue weighted by atomic mass is 32.1. The Morgan fingerprint density at radius 2 is 2.04 bits per heavy atom. The minimum Gasteiger partial charge on any atom is -0.477 e. The number of carboxylic acid groups (broad SMARTS) is 1. The fraction of sp³-hybridized carbons (Fsp3) is 0.0556. The van der Waals surface area contributed by atoms with Gasteiger partial charge in [0.25, 0.3) is 0 Å². The van der Waals surface area contributed by atoms with Crippen LogP contribution in [0.25, 0.3) is 26.5 Å². The zero-order valence-corrected chi connectivity index (χ0v) is 13.1. The van der Waals surface area contributed by atoms with Gasteiger partial charge < -0.3 is 5.11 Å². The lowest BCUT2D eigenvalue weighted by atomic mass is 10.0. The molecule has 0 saturated carbocycles. The van der Waals surface area contributed by atoms with Gasteiger partial charge in [-0.1, -0.05) is 42.0 Å². The van der Waals surface area contributed by atoms with Crippen LogP contribution in [0.1, 0.15) is 15.2 Å². The van der Waals surface area contributed by atoms with E-state index in [1.807, 2.05) is 43.3 Å². The van der Waals surface area contributed by atoms with Crippen LogP contribution >= 0.6 is 11.3 Å². The third kappa shape index (κ3) is 2.98. The first-order valence-corrected chi connectivity index (χ1v) is 7.68. The first-order chi connectivity index (χ1) is 11.1. The minimum atomic E-state index is -0.990. The maximum absolute atomic E-state index is 11.0. The van der Waals surface area contributed by atoms with Gasteiger partial charge in [-0.15, -0.1) is 11.3 Å². The monoisotopic (exact) mass is 320 g/mol. The fourth-order valence-corrected chi connectivity index (χ4v) is 3.07. The zero-order chi connectivity index (χ0) is 16.4. The molecule has 3 aromatic rings. The van der Waals surface area contributed by atoms with E-state index in [2.05, 4.69) is 9.83 Å². The summed E-state index contributed by atoms with van der Waals surface area (Å²) in [5, 5.41) is 9.59. The molecule has 1 N–H and O–H groups in total. The van der Waals surface area contributed by atoms with Crippen molar-refractivity contribution in [1.82, 2.24) is 4.98 Å². The molecule has 0 saturated heterocycles. The predicted octanol–water partition coefficient (Wildman–Crippen LogP) is 5.03. The van der Waals surface area contributed by atoms with Gasteiger partial charge in [-0.3, -0.25) is 0 Å². The average molecular weight is 320 g/mol. The van der Waals surface area contributed by atoms with E-state index in [1.54, 1.807) is 6.07 Å². The maximum Gasteiger partial charge on any atom is 0.347 e. The van der Waals surface area contributed by atoms with E-state index in [9.17, 15) is 4.79 Å². The third-order valence-electron chi connectivity index (χ3n) is 3.41. The van der Waals surface area contributed by atoms with Gasteiger partial charge in [0.2, 0.25) is 0 Å². The Hall–Kier alpha value is -2.97. The maximum atomic E-state index is 11.0. The summed E-state index contributed by atoms with van der Waals surface area (Å²) in [4.78, 5) is 18.9. The lowest BCUT2D eigenvalue weighted by Gasteiger charge is -2.07. The van der Waals surface area contributed by atoms with Crippen molar-refractivity contribution in [3.63, 3.8) is 0 Å². The van der Waals surface area contributed by atoms with Crippen molar-refractivity contribution in [1.29, 1.82) is 0 Å². The molecular weight excluding hydrogens is 308 g/mol. The van der Waals surface area contributed by atoms with E-state index in [0.29, 0.717) is 10.7 Å². The number of hydrogen-bond donors (Lipinski definition) is 1. The normalized spacial score (nSPS) is 10.3. The van der Waals surface area contributed by atoms with Crippen molar-refractivity contribution in [2.24, 2.45) is 0 Å². The highest BCUT2D eigenvalue weighted by molar-refractivity contribution is 7.16. The quantitative estimate of drug-likeness (QED) is 0.688. The van der Waals surface area contributed by atoms with Crippen molar-refractivity contribution >= 4 is 23.0 Å². The molecule has 0 amide bonds. The van der Waals surface area contributed by atoms with Gasteiger partial charge in [0.05, 0.1) is 12.8 Å². The molecule has 0 spiro atoms. The van der Waals surface area contributed by atoms with Crippen molar-refractivity contribution < 1.29 is 9.90 Å². The molecule has 1 heterocycles. The van der Waals surface area contributed by atoms with Gasteiger partial charge in [0.15, 0.2) is 5.69 Å². The van der Waals surface area contributed by atoms with E-state index < -0.39 is 5.97 Å². The highest BCUT2D eigenvalue weighted by Gasteiger charge is 2.12. The number of carboxylic acids is 1. The number of carbonyl (C=O) groups is 1. The highest BCUT2D eigenvalue weighted by Crippen LogP contribution is 2.36. The number of thiazole rings is 1. The van der Waals surface area contributed by atoms with E-state index in [-0.39, 0.29) is 4.88 Å². The molecule has 2 aromatic carbocycles. The number of rotatable bonds is 3. The SMILES string of the molecule is [C-]#[N+]c1cc(-c2ncc(C(=O)O)s2)ccc1-c1cccc(C)c1. The van der Waals surface area contributed by atoms with Crippen LogP contribution in [0.4, 0.5) is 5.69 Å². The molecular formula is C18H12N2O2S. The summed E-state index contributed by atoms with van der Waals surface area (Å²) in [7, 11) is 0. The van der Waals surface area contributed by atoms with Gasteiger partial charge in [0, 0.05) is 5.56 Å². The number of nitrogens with zero attached hydrogens (tertiary/aromatic N) is 2. The number of aromatic carboxylic acids is 1. The van der Waals surface area contributed by atoms with E-state index in [1.165, 1.54) is 6.20 Å². The number of hydrogen-bond acceptors (Lipinski definition) is 3. The van der Waals surface area contributed by atoms with E-state index >= 15 is 0 Å². The van der Waals surface area contributed by atoms with Gasteiger partial charge >= 0.3 is 5.97 Å². The minimum absolute atomic E-state index is 0.187. The molecule has 0 fully saturated rings. The second kappa shape index (κ2) is 6.03. The topological polar surface area (TPSA) is 54.5 Å². The molecule has 0 aliphatic heterocycles. The van der Waals surface area contributed by atoms with Gasteiger partial charge in [-0.05, 0) is 24.1 Å². The Bertz CT molecular complexity index is 938. The first-order valence-electron chi connectivity index (χ1n) is 6.86. The summed E-state index contributed by atoms with van der Waals surface area (Å²) in [6.45, 7) is 9.45. The van der Waals surface area contributed by atoms with Crippen molar-refractivity contribution in [3.8, 4) is 21.7 Å². The molecule has 0 radical (unpaired) electrons. The number of benzene rings is 2. The average Bonchev–Trinajstić information content (AvgIpc) is 3.04. The summed E-state index contributed by atoms with van der Waals surface area (Å²) in [6.07, 6.45) is 1.34. The van der Waals surface area contributed by atoms with Crippen molar-refractivity contribution in [3.05, 3.63) is 70.5 Å². The van der Waals surface area contributed by atoms with Crippen LogP contribution in [0, 0.1) is 13.5 Å². The Balaban J connectivity index is 2.06. The Labute approximate surface area is 137 Å². The standard InChI is InChI=1S/C18H12N2O2S/c1-11-4-3-5-12(8-11)14-7-6-13(9-15(14)19-2)17-20-10-16(23-17)18(21)22/h3-10H,1H3,(H,21,22). The molecule has 0 unspecified atom stereocenters. The van der Waals surface area contributed by atoms with Gasteiger partial charge in [0.1, 0.15) is 9.88 Å². The first kappa shape index (κ1) is 14.9. The summed E-state index contributed by atoms with van der Waals surface area (Å²) in [6, 6.07) is 13.5. The summed E-state index contributed by atoms with van der Waals surface area (Å²) in [5.41, 5.74) is 4.27. The van der Waals surface area contributed by atoms with E-state index in [0.717, 1.165) is 33.6 Å². The molecule has 23 heavy (non-hydrogen) atoms. The van der Waals surface area contributed by atoms with Gasteiger partial charge in [-0.25, -0.2) is 14.6 Å². The Kier molecular flexibility index (Phi) is 3.92. The van der Waals surface area contributed by atoms with Crippen LogP contribution in [-0.2, 0) is 0 Å². The molecule has 0 aliphatic carbocycles. The molecule has 1 aromatic heterocycles. The van der Waals surface area contributed by atoms with Gasteiger partial charge in [-0.2, -0.15) is 0 Å². The second-order valence-corrected chi connectivity index (χ2v) is 6.08. The largest absolute Gasteiger partial charge is 0.477 e. The zero-order valence-electron chi connectivity index (χ0n) is 12.3. The third-order valence-corrected chi connectivity index (χ3v) is 4.45. The summed E-state index contributed by atoms with van der Waals surface area (Å²) >= 11 is 1.10. The predicted molar refractivity (Wildman–Crippen MR) is 90.9 cm³/mol. The molecule has 0 bridgehead atoms. The second-order valence-electron chi connectivity index (χ2n) is 5.05. The molecule has 5 heteroatoms. The number of aromatic nitrogens is 1. The molecule has 0 atom stereocenters. The molecule has 3 rings (SSSR count). The van der Waals surface area contributed by atoms with Crippen molar-refractivity contribution in [2.45, 2.75) is 6.92 Å². The van der Waals surface area contributed by atoms with E-state index in [4.69, 9.17) is 11.7 Å². The summed E-state index contributed by atoms with van der Waals surface area (Å²) < 4.78 is 0. The number of aryl methyl sites for hydroxylation is 1. The van der Waals surface area contributed by atoms with Crippen LogP contribution in [0.2, 0.25) is 0 Å². The molecule has 4 nitrogen and oxygen atoms in total. The Morgan fingerprint density at radius 3 is 2.70 bits per heavy atom. The summed E-state index contributed by atoms with van der Waals surface area (Å²) in [5.74, 6) is -0.990. The Morgan fingerprint density at radius 1 is 1.22 bits per heavy atom. The van der Waals surface area contributed by atoms with Crippen LogP contribution in [0.5, 0.6) is 0 Å². The van der Waals surface area contributed by atoms with Crippen LogP contribution in [-0.4, -0.2) is 16.1 Å². The van der Waals surface area contributed by atoms with Crippen LogP contribution in [0.3, 0.4) is 0 Å². The lowest BCUT2D eigenvalue weighted by molar-refractivity contribution is 0.0702. The van der Waals surface area contributed by atoms with Crippen LogP contribution < -0.4 is 0 Å². The molecule has 112 valence electrons. The van der Waals surface area contributed by atoms with Crippen molar-refractivity contribution in [2.75, 3.05) is 0 Å². The molecule has 0 aliphatic rings. The smallest absolute Gasteiger partial charge is 0.347 e. The fourth-order valence-electron chi connectivity index (χ4n) is 2.32.